The molecule has 1 aromatic heterocycles. The van der Waals surface area contributed by atoms with E-state index in [1.165, 1.54) is 0 Å². The molecule has 0 amide bonds. The average molecular weight is 388 g/mol. The Bertz CT molecular complexity index is 1130. The number of methoxy groups -OCH3 is 2. The summed E-state index contributed by atoms with van der Waals surface area (Å²) in [5.74, 6) is 2.11. The van der Waals surface area contributed by atoms with Gasteiger partial charge in [-0.15, -0.1) is 0 Å². The summed E-state index contributed by atoms with van der Waals surface area (Å²) in [5, 5.41) is 10.3. The van der Waals surface area contributed by atoms with E-state index in [0.29, 0.717) is 5.76 Å². The summed E-state index contributed by atoms with van der Waals surface area (Å²) in [6.07, 6.45) is 1.65. The van der Waals surface area contributed by atoms with Crippen LogP contribution in [0.5, 0.6) is 11.5 Å². The van der Waals surface area contributed by atoms with Crippen LogP contribution in [0.1, 0.15) is 11.3 Å². The fourth-order valence-electron chi connectivity index (χ4n) is 3.06. The van der Waals surface area contributed by atoms with Crippen molar-refractivity contribution < 1.29 is 18.8 Å². The maximum atomic E-state index is 5.45. The zero-order valence-corrected chi connectivity index (χ0v) is 16.2. The van der Waals surface area contributed by atoms with Crippen LogP contribution in [0.2, 0.25) is 0 Å². The summed E-state index contributed by atoms with van der Waals surface area (Å²) in [4.78, 5) is 5.42. The Balaban J connectivity index is 1.45. The average Bonchev–Trinajstić information content (AvgIpc) is 3.25. The van der Waals surface area contributed by atoms with Gasteiger partial charge in [-0.25, -0.2) is 0 Å². The van der Waals surface area contributed by atoms with Gasteiger partial charge in [-0.1, -0.05) is 40.6 Å². The molecule has 0 atom stereocenters. The van der Waals surface area contributed by atoms with E-state index in [1.807, 2.05) is 66.7 Å². The normalized spacial score (nSPS) is 11.1. The number of hydrogen-bond donors (Lipinski definition) is 0. The molecule has 0 radical (unpaired) electrons. The number of ether oxygens (including phenoxy) is 2. The van der Waals surface area contributed by atoms with Crippen molar-refractivity contribution in [3.8, 4) is 22.8 Å². The number of benzene rings is 3. The molecule has 0 aliphatic heterocycles. The van der Waals surface area contributed by atoms with Crippen molar-refractivity contribution in [2.45, 2.75) is 6.61 Å². The second-order valence-electron chi connectivity index (χ2n) is 6.32. The first kappa shape index (κ1) is 18.6. The fraction of sp³-hybridized carbons (Fsp3) is 0.130. The topological polar surface area (TPSA) is 66.1 Å². The van der Waals surface area contributed by atoms with Crippen LogP contribution < -0.4 is 9.47 Å². The summed E-state index contributed by atoms with van der Waals surface area (Å²) in [7, 11) is 3.27. The summed E-state index contributed by atoms with van der Waals surface area (Å²) in [5.41, 5.74) is 2.53. The van der Waals surface area contributed by atoms with Crippen molar-refractivity contribution in [3.63, 3.8) is 0 Å². The molecule has 0 saturated carbocycles. The third-order valence-electron chi connectivity index (χ3n) is 4.56. The first-order valence-electron chi connectivity index (χ1n) is 9.09. The van der Waals surface area contributed by atoms with Gasteiger partial charge >= 0.3 is 0 Å². The van der Waals surface area contributed by atoms with Gasteiger partial charge in [0, 0.05) is 17.2 Å². The van der Waals surface area contributed by atoms with Gasteiger partial charge in [-0.2, -0.15) is 0 Å². The number of rotatable bonds is 7. The lowest BCUT2D eigenvalue weighted by Gasteiger charge is -2.08. The molecule has 6 heteroatoms. The third-order valence-corrected chi connectivity index (χ3v) is 4.56. The van der Waals surface area contributed by atoms with E-state index in [4.69, 9.17) is 18.8 Å². The molecule has 146 valence electrons. The van der Waals surface area contributed by atoms with E-state index in [-0.39, 0.29) is 6.61 Å². The molecule has 4 rings (SSSR count). The smallest absolute Gasteiger partial charge is 0.177 e. The Labute approximate surface area is 168 Å². The van der Waals surface area contributed by atoms with Gasteiger partial charge in [-0.3, -0.25) is 0 Å². The molecule has 29 heavy (non-hydrogen) atoms. The van der Waals surface area contributed by atoms with Crippen molar-refractivity contribution in [2.24, 2.45) is 5.16 Å². The summed E-state index contributed by atoms with van der Waals surface area (Å²) >= 11 is 0. The predicted octanol–water partition coefficient (Wildman–Crippen LogP) is 5.06. The molecule has 0 spiro atoms. The lowest BCUT2D eigenvalue weighted by Crippen LogP contribution is -1.93. The van der Waals surface area contributed by atoms with E-state index in [0.717, 1.165) is 39.1 Å². The fourth-order valence-corrected chi connectivity index (χ4v) is 3.06. The van der Waals surface area contributed by atoms with Crippen LogP contribution in [0.25, 0.3) is 22.0 Å². The minimum atomic E-state index is 0.173. The van der Waals surface area contributed by atoms with E-state index >= 15 is 0 Å². The van der Waals surface area contributed by atoms with Crippen LogP contribution in [0.3, 0.4) is 0 Å². The van der Waals surface area contributed by atoms with Gasteiger partial charge in [0.25, 0.3) is 0 Å². The Morgan fingerprint density at radius 2 is 1.79 bits per heavy atom. The van der Waals surface area contributed by atoms with Gasteiger partial charge < -0.3 is 18.8 Å². The SMILES string of the molecule is COc1ccc(-c2cc(CON=Cc3c(OC)ccc4ccccc34)on2)cc1. The van der Waals surface area contributed by atoms with Crippen LogP contribution in [-0.2, 0) is 11.4 Å². The van der Waals surface area contributed by atoms with Gasteiger partial charge in [0.15, 0.2) is 12.4 Å². The molecule has 0 aliphatic rings. The quantitative estimate of drug-likeness (QED) is 0.327. The number of nitrogens with zero attached hydrogens (tertiary/aromatic N) is 2. The van der Waals surface area contributed by atoms with Crippen molar-refractivity contribution >= 4 is 17.0 Å². The third kappa shape index (κ3) is 4.06. The highest BCUT2D eigenvalue weighted by molar-refractivity contribution is 6.02. The molecular weight excluding hydrogens is 368 g/mol. The summed E-state index contributed by atoms with van der Waals surface area (Å²) in [6.45, 7) is 0.173. The van der Waals surface area contributed by atoms with Gasteiger partial charge in [0.2, 0.25) is 0 Å². The van der Waals surface area contributed by atoms with Crippen molar-refractivity contribution in [3.05, 3.63) is 78.1 Å². The van der Waals surface area contributed by atoms with Crippen LogP contribution in [0, 0.1) is 0 Å². The first-order chi connectivity index (χ1) is 14.3. The molecular formula is C23H20N2O4. The van der Waals surface area contributed by atoms with E-state index in [1.54, 1.807) is 20.4 Å². The zero-order valence-electron chi connectivity index (χ0n) is 16.2. The second kappa shape index (κ2) is 8.48. The zero-order chi connectivity index (χ0) is 20.1. The number of oxime groups is 1. The minimum Gasteiger partial charge on any atom is -0.497 e. The molecule has 0 aliphatic carbocycles. The van der Waals surface area contributed by atoms with E-state index < -0.39 is 0 Å². The Kier molecular flexibility index (Phi) is 5.42. The van der Waals surface area contributed by atoms with Crippen molar-refractivity contribution in [1.82, 2.24) is 5.16 Å². The van der Waals surface area contributed by atoms with Gasteiger partial charge in [0.05, 0.1) is 20.4 Å². The van der Waals surface area contributed by atoms with Gasteiger partial charge in [-0.05, 0) is 41.1 Å². The van der Waals surface area contributed by atoms with Crippen molar-refractivity contribution in [1.29, 1.82) is 0 Å². The second-order valence-corrected chi connectivity index (χ2v) is 6.32. The highest BCUT2D eigenvalue weighted by Gasteiger charge is 2.08. The largest absolute Gasteiger partial charge is 0.497 e. The molecule has 4 aromatic rings. The standard InChI is InChI=1S/C23H20N2O4/c1-26-18-10-7-17(8-11-18)22-13-19(29-25-22)15-28-24-14-21-20-6-4-3-5-16(20)9-12-23(21)27-2/h3-14H,15H2,1-2H3. The molecule has 0 bridgehead atoms. The summed E-state index contributed by atoms with van der Waals surface area (Å²) < 4.78 is 16.0. The first-order valence-corrected chi connectivity index (χ1v) is 9.09. The molecule has 0 N–H and O–H groups in total. The highest BCUT2D eigenvalue weighted by Crippen LogP contribution is 2.26. The highest BCUT2D eigenvalue weighted by atomic mass is 16.6. The van der Waals surface area contributed by atoms with E-state index in [9.17, 15) is 0 Å². The predicted molar refractivity (Wildman–Crippen MR) is 111 cm³/mol. The number of hydrogen-bond acceptors (Lipinski definition) is 6. The molecule has 0 unspecified atom stereocenters. The monoisotopic (exact) mass is 388 g/mol. The van der Waals surface area contributed by atoms with Crippen LogP contribution in [0.15, 0.2) is 76.4 Å². The van der Waals surface area contributed by atoms with Crippen LogP contribution in [-0.4, -0.2) is 25.6 Å². The minimum absolute atomic E-state index is 0.173. The van der Waals surface area contributed by atoms with Crippen molar-refractivity contribution in [2.75, 3.05) is 14.2 Å². The lowest BCUT2D eigenvalue weighted by molar-refractivity contribution is 0.110. The maximum absolute atomic E-state index is 5.45. The molecule has 0 saturated heterocycles. The molecule has 3 aromatic carbocycles. The van der Waals surface area contributed by atoms with Crippen LogP contribution in [0.4, 0.5) is 0 Å². The van der Waals surface area contributed by atoms with Gasteiger partial charge in [0.1, 0.15) is 17.2 Å². The molecule has 0 fully saturated rings. The number of fused-ring (bicyclic) bond motifs is 1. The molecule has 1 heterocycles. The summed E-state index contributed by atoms with van der Waals surface area (Å²) in [6, 6.07) is 21.4. The Hall–Kier alpha value is -3.80. The lowest BCUT2D eigenvalue weighted by atomic mass is 10.0. The molecule has 6 nitrogen and oxygen atoms in total. The maximum Gasteiger partial charge on any atom is 0.177 e. The van der Waals surface area contributed by atoms with E-state index in [2.05, 4.69) is 10.3 Å². The Morgan fingerprint density at radius 1 is 0.966 bits per heavy atom. The Morgan fingerprint density at radius 3 is 2.59 bits per heavy atom. The van der Waals surface area contributed by atoms with Crippen LogP contribution >= 0.6 is 0 Å². The number of aromatic nitrogens is 1.